The van der Waals surface area contributed by atoms with Crippen LogP contribution in [-0.4, -0.2) is 33.6 Å². The maximum absolute atomic E-state index is 11.8. The first-order valence-electron chi connectivity index (χ1n) is 5.41. The molecule has 0 fully saturated rings. The second-order valence-electron chi connectivity index (χ2n) is 3.83. The van der Waals surface area contributed by atoms with Crippen LogP contribution < -0.4 is 5.73 Å². The summed E-state index contributed by atoms with van der Waals surface area (Å²) in [5.41, 5.74) is 6.14. The van der Waals surface area contributed by atoms with Crippen LogP contribution in [0.3, 0.4) is 0 Å². The fourth-order valence-electron chi connectivity index (χ4n) is 1.31. The van der Waals surface area contributed by atoms with Crippen LogP contribution in [0.25, 0.3) is 0 Å². The van der Waals surface area contributed by atoms with E-state index in [0.717, 1.165) is 5.56 Å². The van der Waals surface area contributed by atoms with Crippen molar-refractivity contribution >= 4 is 9.84 Å². The van der Waals surface area contributed by atoms with Gasteiger partial charge in [-0.3, -0.25) is 0 Å². The van der Waals surface area contributed by atoms with Crippen LogP contribution in [0.1, 0.15) is 5.56 Å². The average Bonchev–Trinajstić information content (AvgIpc) is 2.34. The van der Waals surface area contributed by atoms with Crippen molar-refractivity contribution in [3.05, 3.63) is 29.8 Å². The molecule has 2 N–H and O–H groups in total. The van der Waals surface area contributed by atoms with Gasteiger partial charge >= 0.3 is 6.18 Å². The van der Waals surface area contributed by atoms with Crippen LogP contribution in [0.2, 0.25) is 0 Å². The van der Waals surface area contributed by atoms with Gasteiger partial charge in [0.25, 0.3) is 0 Å². The van der Waals surface area contributed by atoms with Gasteiger partial charge in [0.2, 0.25) is 0 Å². The third kappa shape index (κ3) is 5.58. The van der Waals surface area contributed by atoms with Crippen LogP contribution >= 0.6 is 0 Å². The number of hydrogen-bond acceptors (Lipinski definition) is 4. The minimum Gasteiger partial charge on any atom is -0.371 e. The van der Waals surface area contributed by atoms with Crippen molar-refractivity contribution in [2.24, 2.45) is 5.73 Å². The van der Waals surface area contributed by atoms with E-state index in [-0.39, 0.29) is 11.4 Å². The molecule has 1 aromatic carbocycles. The monoisotopic (exact) mass is 297 g/mol. The lowest BCUT2D eigenvalue weighted by molar-refractivity contribution is -0.172. The molecule has 0 amide bonds. The lowest BCUT2D eigenvalue weighted by atomic mass is 10.2. The summed E-state index contributed by atoms with van der Waals surface area (Å²) < 4.78 is 63.2. The molecule has 4 nitrogen and oxygen atoms in total. The Kier molecular flexibility index (Phi) is 5.33. The highest BCUT2D eigenvalue weighted by atomic mass is 32.2. The van der Waals surface area contributed by atoms with Gasteiger partial charge in [0.1, 0.15) is 6.61 Å². The first-order chi connectivity index (χ1) is 8.74. The molecule has 0 bridgehead atoms. The Balaban J connectivity index is 2.56. The van der Waals surface area contributed by atoms with Crippen LogP contribution in [0, 0.1) is 0 Å². The number of rotatable bonds is 6. The normalized spacial score (nSPS) is 12.6. The Morgan fingerprint density at radius 2 is 1.74 bits per heavy atom. The summed E-state index contributed by atoms with van der Waals surface area (Å²) in [5.74, 6) is -0.495. The lowest BCUT2D eigenvalue weighted by Gasteiger charge is -2.08. The van der Waals surface area contributed by atoms with E-state index in [1.807, 2.05) is 0 Å². The minimum absolute atomic E-state index is 0.0420. The zero-order valence-electron chi connectivity index (χ0n) is 9.98. The molecule has 0 aliphatic carbocycles. The molecule has 0 heterocycles. The number of hydrogen-bond donors (Lipinski definition) is 1. The first kappa shape index (κ1) is 15.9. The standard InChI is InChI=1S/C11H14F3NO3S/c12-11(13,14)8-18-5-6-19(16,17)10-3-1-9(7-15)2-4-10/h1-4H,5-8,15H2. The van der Waals surface area contributed by atoms with Gasteiger partial charge in [-0.2, -0.15) is 13.2 Å². The van der Waals surface area contributed by atoms with Crippen molar-refractivity contribution in [3.63, 3.8) is 0 Å². The zero-order chi connectivity index (χ0) is 14.5. The lowest BCUT2D eigenvalue weighted by Crippen LogP contribution is -2.20. The fraction of sp³-hybridized carbons (Fsp3) is 0.455. The van der Waals surface area contributed by atoms with Gasteiger partial charge in [0, 0.05) is 6.54 Å². The molecule has 1 rings (SSSR count). The third-order valence-corrected chi connectivity index (χ3v) is 3.97. The quantitative estimate of drug-likeness (QED) is 0.808. The number of ether oxygens (including phenoxy) is 1. The first-order valence-corrected chi connectivity index (χ1v) is 7.06. The molecular formula is C11H14F3NO3S. The Morgan fingerprint density at radius 3 is 2.21 bits per heavy atom. The summed E-state index contributed by atoms with van der Waals surface area (Å²) in [6.07, 6.45) is -4.45. The summed E-state index contributed by atoms with van der Waals surface area (Å²) in [6, 6.07) is 5.87. The van der Waals surface area contributed by atoms with E-state index in [2.05, 4.69) is 4.74 Å². The highest BCUT2D eigenvalue weighted by Crippen LogP contribution is 2.15. The van der Waals surface area contributed by atoms with E-state index in [4.69, 9.17) is 5.73 Å². The number of benzene rings is 1. The molecule has 108 valence electrons. The van der Waals surface area contributed by atoms with E-state index in [1.165, 1.54) is 12.1 Å². The molecule has 1 aromatic rings. The van der Waals surface area contributed by atoms with E-state index < -0.39 is 35.0 Å². The molecule has 0 aromatic heterocycles. The average molecular weight is 297 g/mol. The Morgan fingerprint density at radius 1 is 1.16 bits per heavy atom. The fourth-order valence-corrected chi connectivity index (χ4v) is 2.43. The maximum Gasteiger partial charge on any atom is 0.411 e. The highest BCUT2D eigenvalue weighted by Gasteiger charge is 2.27. The molecule has 0 atom stereocenters. The van der Waals surface area contributed by atoms with Crippen molar-refractivity contribution in [1.82, 2.24) is 0 Å². The number of alkyl halides is 3. The number of halogens is 3. The molecule has 0 radical (unpaired) electrons. The van der Waals surface area contributed by atoms with E-state index in [0.29, 0.717) is 0 Å². The third-order valence-electron chi connectivity index (χ3n) is 2.28. The van der Waals surface area contributed by atoms with E-state index >= 15 is 0 Å². The molecule has 0 saturated heterocycles. The predicted molar refractivity (Wildman–Crippen MR) is 63.3 cm³/mol. The van der Waals surface area contributed by atoms with Crippen LogP contribution in [-0.2, 0) is 21.1 Å². The van der Waals surface area contributed by atoms with Crippen LogP contribution in [0.5, 0.6) is 0 Å². The van der Waals surface area contributed by atoms with Crippen LogP contribution in [0.4, 0.5) is 13.2 Å². The summed E-state index contributed by atoms with van der Waals surface area (Å²) >= 11 is 0. The van der Waals surface area contributed by atoms with Crippen molar-refractivity contribution in [2.75, 3.05) is 19.0 Å². The summed E-state index contributed by atoms with van der Waals surface area (Å²) in [6.45, 7) is -1.66. The number of nitrogens with two attached hydrogens (primary N) is 1. The van der Waals surface area contributed by atoms with E-state index in [1.54, 1.807) is 12.1 Å². The van der Waals surface area contributed by atoms with Crippen molar-refractivity contribution < 1.29 is 26.3 Å². The van der Waals surface area contributed by atoms with Gasteiger partial charge in [-0.05, 0) is 17.7 Å². The number of sulfone groups is 1. The predicted octanol–water partition coefficient (Wildman–Crippen LogP) is 1.50. The second kappa shape index (κ2) is 6.36. The maximum atomic E-state index is 11.8. The largest absolute Gasteiger partial charge is 0.411 e. The summed E-state index contributed by atoms with van der Waals surface area (Å²) in [5, 5.41) is 0. The Hall–Kier alpha value is -1.12. The summed E-state index contributed by atoms with van der Waals surface area (Å²) in [4.78, 5) is 0.0420. The van der Waals surface area contributed by atoms with Gasteiger partial charge in [-0.15, -0.1) is 0 Å². The molecular weight excluding hydrogens is 283 g/mol. The molecule has 0 unspecified atom stereocenters. The SMILES string of the molecule is NCc1ccc(S(=O)(=O)CCOCC(F)(F)F)cc1. The molecule has 19 heavy (non-hydrogen) atoms. The zero-order valence-corrected chi connectivity index (χ0v) is 10.8. The van der Waals surface area contributed by atoms with Crippen LogP contribution in [0.15, 0.2) is 29.2 Å². The summed E-state index contributed by atoms with van der Waals surface area (Å²) in [7, 11) is -3.64. The van der Waals surface area contributed by atoms with Crippen molar-refractivity contribution in [1.29, 1.82) is 0 Å². The topological polar surface area (TPSA) is 69.4 Å². The molecule has 0 aliphatic rings. The Labute approximate surface area is 109 Å². The molecule has 0 spiro atoms. The molecule has 0 aliphatic heterocycles. The minimum atomic E-state index is -4.45. The van der Waals surface area contributed by atoms with Crippen molar-refractivity contribution in [2.45, 2.75) is 17.6 Å². The Bertz CT molecular complexity index is 497. The molecule has 0 saturated carbocycles. The van der Waals surface area contributed by atoms with Gasteiger partial charge < -0.3 is 10.5 Å². The van der Waals surface area contributed by atoms with Gasteiger partial charge in [0.15, 0.2) is 9.84 Å². The smallest absolute Gasteiger partial charge is 0.371 e. The van der Waals surface area contributed by atoms with Gasteiger partial charge in [0.05, 0.1) is 17.3 Å². The highest BCUT2D eigenvalue weighted by molar-refractivity contribution is 7.91. The van der Waals surface area contributed by atoms with E-state index in [9.17, 15) is 21.6 Å². The van der Waals surface area contributed by atoms with Gasteiger partial charge in [-0.1, -0.05) is 12.1 Å². The van der Waals surface area contributed by atoms with Gasteiger partial charge in [-0.25, -0.2) is 8.42 Å². The van der Waals surface area contributed by atoms with Crippen molar-refractivity contribution in [3.8, 4) is 0 Å². The molecule has 8 heteroatoms. The second-order valence-corrected chi connectivity index (χ2v) is 5.94.